The van der Waals surface area contributed by atoms with E-state index in [2.05, 4.69) is 19.2 Å². The van der Waals surface area contributed by atoms with Gasteiger partial charge in [0.05, 0.1) is 6.34 Å². The molecule has 0 fully saturated rings. The molecular weight excluding hydrogens is 298 g/mol. The summed E-state index contributed by atoms with van der Waals surface area (Å²) in [4.78, 5) is 10.8. The molecule has 0 aromatic carbocycles. The van der Waals surface area contributed by atoms with Gasteiger partial charge in [-0.25, -0.2) is 0 Å². The first-order valence-electron chi connectivity index (χ1n) is 9.78. The number of carbonyl (C=O) groups excluding carboxylic acids is 1. The van der Waals surface area contributed by atoms with E-state index in [0.717, 1.165) is 19.2 Å². The van der Waals surface area contributed by atoms with Crippen molar-refractivity contribution in [1.82, 2.24) is 0 Å². The lowest BCUT2D eigenvalue weighted by Gasteiger charge is -2.03. The molecule has 1 amide bonds. The average molecular weight is 340 g/mol. The van der Waals surface area contributed by atoms with E-state index in [9.17, 15) is 4.79 Å². The number of nitrogens with one attached hydrogen (secondary N) is 1. The molecule has 5 N–H and O–H groups in total. The fraction of sp³-hybridized carbons (Fsp3) is 0.800. The molecule has 0 radical (unpaired) electrons. The number of unbranched alkanes of at least 4 members (excludes halogenated alkanes) is 13. The molecule has 0 aromatic heterocycles. The largest absolute Gasteiger partial charge is 0.390 e. The zero-order valence-electron chi connectivity index (χ0n) is 16.0. The van der Waals surface area contributed by atoms with Crippen molar-refractivity contribution in [3.05, 3.63) is 12.2 Å². The van der Waals surface area contributed by atoms with Gasteiger partial charge in [0.1, 0.15) is 0 Å². The van der Waals surface area contributed by atoms with E-state index < -0.39 is 0 Å². The molecule has 0 aromatic rings. The molecule has 0 aliphatic heterocycles. The number of primary amides is 1. The molecule has 0 heterocycles. The molecule has 0 aliphatic rings. The molecule has 0 rings (SSSR count). The van der Waals surface area contributed by atoms with Crippen molar-refractivity contribution in [2.24, 2.45) is 11.5 Å². The van der Waals surface area contributed by atoms with Crippen LogP contribution in [0.4, 0.5) is 0 Å². The minimum absolute atomic E-state index is 0.343. The van der Waals surface area contributed by atoms with Crippen LogP contribution in [0.1, 0.15) is 103 Å². The lowest BCUT2D eigenvalue weighted by Crippen LogP contribution is -2.12. The number of carbonyl (C=O) groups is 1. The Morgan fingerprint density at radius 2 is 1.12 bits per heavy atom. The SMILES string of the molecule is C=C(CCCCCCCCCCCCCCCC)C(N)=O.N=CN. The van der Waals surface area contributed by atoms with Gasteiger partial charge in [0, 0.05) is 5.57 Å². The molecule has 0 atom stereocenters. The number of hydrogen-bond acceptors (Lipinski definition) is 2. The molecule has 4 heteroatoms. The van der Waals surface area contributed by atoms with Crippen LogP contribution in [0.2, 0.25) is 0 Å². The Bertz CT molecular complexity index is 303. The highest BCUT2D eigenvalue weighted by Crippen LogP contribution is 2.14. The van der Waals surface area contributed by atoms with Gasteiger partial charge in [-0.05, 0) is 12.8 Å². The van der Waals surface area contributed by atoms with E-state index in [1.165, 1.54) is 83.5 Å². The van der Waals surface area contributed by atoms with E-state index in [1.807, 2.05) is 0 Å². The van der Waals surface area contributed by atoms with Crippen LogP contribution in [0.5, 0.6) is 0 Å². The number of nitrogens with two attached hydrogens (primary N) is 2. The summed E-state index contributed by atoms with van der Waals surface area (Å²) in [6.45, 7) is 5.95. The maximum Gasteiger partial charge on any atom is 0.244 e. The van der Waals surface area contributed by atoms with Crippen LogP contribution in [0.25, 0.3) is 0 Å². The molecule has 0 saturated heterocycles. The first-order chi connectivity index (χ1) is 11.6. The first-order valence-corrected chi connectivity index (χ1v) is 9.78. The summed E-state index contributed by atoms with van der Waals surface area (Å²) in [5.41, 5.74) is 10.1. The Labute approximate surface area is 150 Å². The van der Waals surface area contributed by atoms with Crippen LogP contribution in [0.3, 0.4) is 0 Å². The van der Waals surface area contributed by atoms with Crippen molar-refractivity contribution in [3.63, 3.8) is 0 Å². The lowest BCUT2D eigenvalue weighted by atomic mass is 10.0. The smallest absolute Gasteiger partial charge is 0.244 e. The van der Waals surface area contributed by atoms with Crippen molar-refractivity contribution < 1.29 is 4.79 Å². The summed E-state index contributed by atoms with van der Waals surface area (Å²) < 4.78 is 0. The summed E-state index contributed by atoms with van der Waals surface area (Å²) >= 11 is 0. The summed E-state index contributed by atoms with van der Waals surface area (Å²) in [7, 11) is 0. The predicted molar refractivity (Wildman–Crippen MR) is 106 cm³/mol. The number of hydrogen-bond donors (Lipinski definition) is 3. The van der Waals surface area contributed by atoms with Crippen molar-refractivity contribution in [2.75, 3.05) is 0 Å². The zero-order valence-corrected chi connectivity index (χ0v) is 16.0. The average Bonchev–Trinajstić information content (AvgIpc) is 2.55. The van der Waals surface area contributed by atoms with Crippen molar-refractivity contribution >= 4 is 12.2 Å². The van der Waals surface area contributed by atoms with Gasteiger partial charge in [0.25, 0.3) is 0 Å². The highest BCUT2D eigenvalue weighted by Gasteiger charge is 2.00. The van der Waals surface area contributed by atoms with Crippen LogP contribution < -0.4 is 11.5 Å². The number of amides is 1. The van der Waals surface area contributed by atoms with Gasteiger partial charge in [-0.3, -0.25) is 10.2 Å². The standard InChI is InChI=1S/C19H37NO.CH4N2/c1-3-4-5-6-7-8-9-10-11-12-13-14-15-16-17-18(2)19(20)21;2-1-3/h2-17H2,1H3,(H2,20,21);1H,(H3,2,3). The van der Waals surface area contributed by atoms with Gasteiger partial charge < -0.3 is 11.5 Å². The topological polar surface area (TPSA) is 93.0 Å². The zero-order chi connectivity index (χ0) is 18.5. The third-order valence-electron chi connectivity index (χ3n) is 4.18. The van der Waals surface area contributed by atoms with Crippen molar-refractivity contribution in [2.45, 2.75) is 103 Å². The Kier molecular flexibility index (Phi) is 22.5. The monoisotopic (exact) mass is 339 g/mol. The van der Waals surface area contributed by atoms with Gasteiger partial charge >= 0.3 is 0 Å². The van der Waals surface area contributed by atoms with Gasteiger partial charge in [-0.1, -0.05) is 97.0 Å². The van der Waals surface area contributed by atoms with E-state index in [0.29, 0.717) is 5.57 Å². The van der Waals surface area contributed by atoms with Crippen LogP contribution >= 0.6 is 0 Å². The molecule has 142 valence electrons. The molecule has 0 saturated carbocycles. The van der Waals surface area contributed by atoms with Crippen LogP contribution in [-0.2, 0) is 4.79 Å². The summed E-state index contributed by atoms with van der Waals surface area (Å²) in [6, 6.07) is 0. The molecular formula is C20H41N3O. The van der Waals surface area contributed by atoms with E-state index >= 15 is 0 Å². The Morgan fingerprint density at radius 1 is 0.833 bits per heavy atom. The predicted octanol–water partition coefficient (Wildman–Crippen LogP) is 5.45. The fourth-order valence-electron chi connectivity index (χ4n) is 2.66. The quantitative estimate of drug-likeness (QED) is 0.151. The highest BCUT2D eigenvalue weighted by molar-refractivity contribution is 5.91. The second kappa shape index (κ2) is 21.7. The van der Waals surface area contributed by atoms with E-state index in [1.54, 1.807) is 0 Å². The van der Waals surface area contributed by atoms with E-state index in [-0.39, 0.29) is 5.91 Å². The Hall–Kier alpha value is -1.32. The normalized spacial score (nSPS) is 9.88. The second-order valence-electron chi connectivity index (χ2n) is 6.48. The van der Waals surface area contributed by atoms with Gasteiger partial charge in [-0.15, -0.1) is 0 Å². The summed E-state index contributed by atoms with van der Waals surface area (Å²) in [5.74, 6) is -0.343. The van der Waals surface area contributed by atoms with Crippen LogP contribution in [0.15, 0.2) is 12.2 Å². The summed E-state index contributed by atoms with van der Waals surface area (Å²) in [5, 5.41) is 5.86. The molecule has 0 bridgehead atoms. The van der Waals surface area contributed by atoms with Crippen molar-refractivity contribution in [3.8, 4) is 0 Å². The van der Waals surface area contributed by atoms with Crippen LogP contribution in [0, 0.1) is 5.41 Å². The minimum Gasteiger partial charge on any atom is -0.390 e. The molecule has 24 heavy (non-hydrogen) atoms. The molecule has 0 aliphatic carbocycles. The highest BCUT2D eigenvalue weighted by atomic mass is 16.1. The lowest BCUT2D eigenvalue weighted by molar-refractivity contribution is -0.114. The Morgan fingerprint density at radius 3 is 1.42 bits per heavy atom. The molecule has 0 unspecified atom stereocenters. The van der Waals surface area contributed by atoms with Gasteiger partial charge in [0.2, 0.25) is 5.91 Å². The minimum atomic E-state index is -0.343. The maximum atomic E-state index is 10.8. The van der Waals surface area contributed by atoms with Gasteiger partial charge in [-0.2, -0.15) is 0 Å². The third-order valence-corrected chi connectivity index (χ3v) is 4.18. The third kappa shape index (κ3) is 23.0. The summed E-state index contributed by atoms with van der Waals surface area (Å²) in [6.07, 6.45) is 20.5. The number of rotatable bonds is 16. The second-order valence-corrected chi connectivity index (χ2v) is 6.48. The Balaban J connectivity index is 0. The fourth-order valence-corrected chi connectivity index (χ4v) is 2.66. The maximum absolute atomic E-state index is 10.8. The van der Waals surface area contributed by atoms with Gasteiger partial charge in [0.15, 0.2) is 0 Å². The van der Waals surface area contributed by atoms with Crippen molar-refractivity contribution in [1.29, 1.82) is 5.41 Å². The van der Waals surface area contributed by atoms with Crippen LogP contribution in [-0.4, -0.2) is 12.2 Å². The molecule has 4 nitrogen and oxygen atoms in total. The first kappa shape index (κ1) is 24.9. The van der Waals surface area contributed by atoms with E-state index in [4.69, 9.17) is 11.1 Å². The molecule has 0 spiro atoms.